The van der Waals surface area contributed by atoms with Crippen molar-refractivity contribution in [1.29, 1.82) is 0 Å². The zero-order valence-corrected chi connectivity index (χ0v) is 19.2. The molecule has 2 aromatic carbocycles. The van der Waals surface area contributed by atoms with Gasteiger partial charge in [-0.15, -0.1) is 0 Å². The zero-order chi connectivity index (χ0) is 22.9. The molecule has 0 N–H and O–H groups in total. The molecule has 0 unspecified atom stereocenters. The van der Waals surface area contributed by atoms with Gasteiger partial charge in [-0.05, 0) is 67.6 Å². The molecule has 32 heavy (non-hydrogen) atoms. The monoisotopic (exact) mass is 444 g/mol. The second-order valence-electron chi connectivity index (χ2n) is 7.84. The highest BCUT2D eigenvalue weighted by Crippen LogP contribution is 2.46. The van der Waals surface area contributed by atoms with Crippen molar-refractivity contribution in [2.24, 2.45) is 5.92 Å². The Balaban J connectivity index is 1.87. The van der Waals surface area contributed by atoms with E-state index in [9.17, 15) is 4.79 Å². The number of ketones is 1. The van der Waals surface area contributed by atoms with Crippen LogP contribution in [0.1, 0.15) is 46.7 Å². The molecule has 0 saturated heterocycles. The van der Waals surface area contributed by atoms with Crippen molar-refractivity contribution in [2.45, 2.75) is 32.1 Å². The van der Waals surface area contributed by atoms with Crippen LogP contribution in [0.5, 0.6) is 17.2 Å². The molecule has 0 bridgehead atoms. The molecule has 2 atom stereocenters. The number of methoxy groups -OCH3 is 3. The van der Waals surface area contributed by atoms with Crippen molar-refractivity contribution >= 4 is 5.78 Å². The number of Topliss-reactive ketones (excluding diaryl/α,β-unsaturated/α-hetero) is 1. The first-order chi connectivity index (χ1) is 15.6. The van der Waals surface area contributed by atoms with Gasteiger partial charge >= 0.3 is 0 Å². The van der Waals surface area contributed by atoms with E-state index in [4.69, 9.17) is 28.4 Å². The molecule has 1 fully saturated rings. The molecule has 0 aliphatic heterocycles. The first kappa shape index (κ1) is 24.0. The second-order valence-corrected chi connectivity index (χ2v) is 7.84. The van der Waals surface area contributed by atoms with Crippen molar-refractivity contribution in [3.05, 3.63) is 53.1 Å². The summed E-state index contributed by atoms with van der Waals surface area (Å²) >= 11 is 0. The molecular formula is C25H32O7. The SMILES string of the molecule is COCOc1ccc(C(=O)[C@H]2CCC[C@H]2c2cc(OCOC)ccc2OCOC)c(C)c1. The zero-order valence-electron chi connectivity index (χ0n) is 19.2. The summed E-state index contributed by atoms with van der Waals surface area (Å²) in [6.07, 6.45) is 2.71. The Kier molecular flexibility index (Phi) is 8.90. The van der Waals surface area contributed by atoms with Gasteiger partial charge in [-0.2, -0.15) is 0 Å². The smallest absolute Gasteiger partial charge is 0.188 e. The summed E-state index contributed by atoms with van der Waals surface area (Å²) in [5, 5.41) is 0. The average molecular weight is 445 g/mol. The summed E-state index contributed by atoms with van der Waals surface area (Å²) in [4.78, 5) is 13.6. The standard InChI is InChI=1S/C25H32O7/c1-17-12-18(30-14-27-2)8-10-20(17)25(26)22-7-5-6-21(22)23-13-19(31-15-28-3)9-11-24(23)32-16-29-4/h8-13,21-22H,5-7,14-16H2,1-4H3/t21-,22+/m1/s1. The lowest BCUT2D eigenvalue weighted by molar-refractivity contribution is 0.0473. The molecule has 1 aliphatic carbocycles. The number of hydrogen-bond acceptors (Lipinski definition) is 7. The van der Waals surface area contributed by atoms with E-state index in [1.54, 1.807) is 21.3 Å². The van der Waals surface area contributed by atoms with Crippen LogP contribution in [0.2, 0.25) is 0 Å². The Morgan fingerprint density at radius 3 is 2.12 bits per heavy atom. The molecule has 1 aliphatic rings. The van der Waals surface area contributed by atoms with Crippen molar-refractivity contribution in [1.82, 2.24) is 0 Å². The second kappa shape index (κ2) is 11.9. The van der Waals surface area contributed by atoms with Crippen LogP contribution in [0.25, 0.3) is 0 Å². The van der Waals surface area contributed by atoms with Gasteiger partial charge in [-0.25, -0.2) is 0 Å². The van der Waals surface area contributed by atoms with Crippen molar-refractivity contribution < 1.29 is 33.2 Å². The molecule has 174 valence electrons. The van der Waals surface area contributed by atoms with Crippen LogP contribution in [-0.4, -0.2) is 47.5 Å². The van der Waals surface area contributed by atoms with Gasteiger partial charge in [0.05, 0.1) is 0 Å². The molecule has 0 heterocycles. The predicted octanol–water partition coefficient (Wildman–Crippen LogP) is 4.71. The van der Waals surface area contributed by atoms with Gasteiger partial charge in [0, 0.05) is 38.4 Å². The van der Waals surface area contributed by atoms with Crippen LogP contribution in [0.15, 0.2) is 36.4 Å². The Morgan fingerprint density at radius 1 is 0.844 bits per heavy atom. The Morgan fingerprint density at radius 2 is 1.47 bits per heavy atom. The third kappa shape index (κ3) is 5.79. The van der Waals surface area contributed by atoms with E-state index in [0.717, 1.165) is 36.0 Å². The third-order valence-corrected chi connectivity index (χ3v) is 5.72. The largest absolute Gasteiger partial charge is 0.468 e. The van der Waals surface area contributed by atoms with E-state index >= 15 is 0 Å². The maximum atomic E-state index is 13.6. The van der Waals surface area contributed by atoms with E-state index in [-0.39, 0.29) is 38.0 Å². The molecule has 0 radical (unpaired) electrons. The van der Waals surface area contributed by atoms with Gasteiger partial charge in [-0.3, -0.25) is 4.79 Å². The molecule has 0 aromatic heterocycles. The predicted molar refractivity (Wildman–Crippen MR) is 120 cm³/mol. The first-order valence-electron chi connectivity index (χ1n) is 10.7. The topological polar surface area (TPSA) is 72.5 Å². The molecule has 3 rings (SSSR count). The fourth-order valence-corrected chi connectivity index (χ4v) is 4.26. The van der Waals surface area contributed by atoms with Crippen molar-refractivity contribution in [2.75, 3.05) is 41.7 Å². The number of carbonyl (C=O) groups excluding carboxylic acids is 1. The maximum absolute atomic E-state index is 13.6. The lowest BCUT2D eigenvalue weighted by atomic mass is 9.82. The minimum Gasteiger partial charge on any atom is -0.468 e. The van der Waals surface area contributed by atoms with Crippen LogP contribution < -0.4 is 14.2 Å². The summed E-state index contributed by atoms with van der Waals surface area (Å²) in [7, 11) is 4.74. The number of hydrogen-bond donors (Lipinski definition) is 0. The van der Waals surface area contributed by atoms with Gasteiger partial charge in [0.1, 0.15) is 17.2 Å². The van der Waals surface area contributed by atoms with Crippen LogP contribution in [0.4, 0.5) is 0 Å². The fraction of sp³-hybridized carbons (Fsp3) is 0.480. The molecule has 7 heteroatoms. The Labute approximate surface area is 189 Å². The highest BCUT2D eigenvalue weighted by atomic mass is 16.7. The molecule has 1 saturated carbocycles. The van der Waals surface area contributed by atoms with Gasteiger partial charge in [0.2, 0.25) is 0 Å². The number of ether oxygens (including phenoxy) is 6. The lowest BCUT2D eigenvalue weighted by Crippen LogP contribution is -2.20. The summed E-state index contributed by atoms with van der Waals surface area (Å²) in [6, 6.07) is 11.2. The Bertz CT molecular complexity index is 896. The third-order valence-electron chi connectivity index (χ3n) is 5.72. The molecular weight excluding hydrogens is 412 g/mol. The van der Waals surface area contributed by atoms with Gasteiger partial charge in [0.15, 0.2) is 26.2 Å². The molecule has 2 aromatic rings. The summed E-state index contributed by atoms with van der Waals surface area (Å²) < 4.78 is 32.0. The minimum atomic E-state index is -0.137. The van der Waals surface area contributed by atoms with Gasteiger partial charge in [-0.1, -0.05) is 6.42 Å². The quantitative estimate of drug-likeness (QED) is 0.347. The lowest BCUT2D eigenvalue weighted by Gasteiger charge is -2.23. The van der Waals surface area contributed by atoms with Crippen molar-refractivity contribution in [3.8, 4) is 17.2 Å². The van der Waals surface area contributed by atoms with Gasteiger partial charge < -0.3 is 28.4 Å². The van der Waals surface area contributed by atoms with E-state index in [0.29, 0.717) is 17.2 Å². The minimum absolute atomic E-state index is 0.0317. The van der Waals surface area contributed by atoms with Crippen LogP contribution in [0.3, 0.4) is 0 Å². The van der Waals surface area contributed by atoms with Crippen LogP contribution in [-0.2, 0) is 14.2 Å². The van der Waals surface area contributed by atoms with E-state index in [1.807, 2.05) is 43.3 Å². The highest BCUT2D eigenvalue weighted by molar-refractivity contribution is 6.00. The summed E-state index contributed by atoms with van der Waals surface area (Å²) in [5.41, 5.74) is 2.57. The van der Waals surface area contributed by atoms with Crippen LogP contribution >= 0.6 is 0 Å². The first-order valence-corrected chi connectivity index (χ1v) is 10.7. The molecule has 7 nitrogen and oxygen atoms in total. The summed E-state index contributed by atoms with van der Waals surface area (Å²) in [6.45, 7) is 2.40. The van der Waals surface area contributed by atoms with Gasteiger partial charge in [0.25, 0.3) is 0 Å². The number of carbonyl (C=O) groups is 1. The van der Waals surface area contributed by atoms with E-state index in [2.05, 4.69) is 0 Å². The van der Waals surface area contributed by atoms with E-state index in [1.165, 1.54) is 0 Å². The fourth-order valence-electron chi connectivity index (χ4n) is 4.26. The van der Waals surface area contributed by atoms with Crippen molar-refractivity contribution in [3.63, 3.8) is 0 Å². The Hall–Kier alpha value is -2.61. The molecule has 0 amide bonds. The highest BCUT2D eigenvalue weighted by Gasteiger charge is 2.36. The average Bonchev–Trinajstić information content (AvgIpc) is 3.29. The number of rotatable bonds is 12. The van der Waals surface area contributed by atoms with Crippen LogP contribution in [0, 0.1) is 12.8 Å². The maximum Gasteiger partial charge on any atom is 0.188 e. The summed E-state index contributed by atoms with van der Waals surface area (Å²) in [5.74, 6) is 2.11. The number of benzene rings is 2. The molecule has 0 spiro atoms. The number of aryl methyl sites for hydroxylation is 1. The van der Waals surface area contributed by atoms with E-state index < -0.39 is 0 Å². The normalized spacial score (nSPS) is 17.9.